The Kier molecular flexibility index (Phi) is 3.57. The summed E-state index contributed by atoms with van der Waals surface area (Å²) in [6.07, 6.45) is 1.57. The number of carbonyl (C=O) groups excluding carboxylic acids is 1. The van der Waals surface area contributed by atoms with Gasteiger partial charge in [0.15, 0.2) is 0 Å². The van der Waals surface area contributed by atoms with Crippen LogP contribution in [0.5, 0.6) is 0 Å². The lowest BCUT2D eigenvalue weighted by molar-refractivity contribution is 0.114. The van der Waals surface area contributed by atoms with Crippen LogP contribution in [-0.4, -0.2) is 17.2 Å². The molecule has 0 saturated carbocycles. The number of fused-ring (bicyclic) bond motifs is 1. The molecule has 1 aromatic heterocycles. The van der Waals surface area contributed by atoms with E-state index in [0.717, 1.165) is 16.8 Å². The number of nitrogens with zero attached hydrogens (tertiary/aromatic N) is 1. The second kappa shape index (κ2) is 5.43. The van der Waals surface area contributed by atoms with Crippen LogP contribution in [0.4, 0.5) is 9.18 Å². The zero-order valence-electron chi connectivity index (χ0n) is 12.9. The maximum absolute atomic E-state index is 14.7. The number of nitrogens with two attached hydrogens (primary N) is 1. The van der Waals surface area contributed by atoms with Crippen LogP contribution >= 0.6 is 0 Å². The Morgan fingerprint density at radius 2 is 2.26 bits per heavy atom. The fourth-order valence-corrected chi connectivity index (χ4v) is 3.17. The van der Waals surface area contributed by atoms with Crippen molar-refractivity contribution in [3.63, 3.8) is 0 Å². The minimum Gasteiger partial charge on any atom is -0.446 e. The molecule has 6 heteroatoms. The number of hydrogen-bond donors (Lipinski definition) is 2. The Morgan fingerprint density at radius 1 is 1.52 bits per heavy atom. The third kappa shape index (κ3) is 2.44. The van der Waals surface area contributed by atoms with Crippen LogP contribution in [-0.2, 0) is 4.74 Å². The minimum atomic E-state index is -0.830. The number of benzene rings is 1. The summed E-state index contributed by atoms with van der Waals surface area (Å²) >= 11 is 0. The van der Waals surface area contributed by atoms with Gasteiger partial charge in [-0.2, -0.15) is 5.26 Å². The van der Waals surface area contributed by atoms with E-state index in [1.165, 1.54) is 6.07 Å². The molecule has 0 fully saturated rings. The van der Waals surface area contributed by atoms with Gasteiger partial charge < -0.3 is 15.5 Å². The second-order valence-corrected chi connectivity index (χ2v) is 5.75. The lowest BCUT2D eigenvalue weighted by Crippen LogP contribution is -2.20. The molecule has 0 saturated heterocycles. The largest absolute Gasteiger partial charge is 0.446 e. The van der Waals surface area contributed by atoms with Crippen molar-refractivity contribution in [1.82, 2.24) is 4.98 Å². The number of aromatic nitrogens is 1. The summed E-state index contributed by atoms with van der Waals surface area (Å²) in [5.74, 6) is -0.442. The number of amides is 1. The molecule has 0 unspecified atom stereocenters. The van der Waals surface area contributed by atoms with E-state index < -0.39 is 11.9 Å². The lowest BCUT2D eigenvalue weighted by Gasteiger charge is -2.12. The fourth-order valence-electron chi connectivity index (χ4n) is 3.17. The highest BCUT2D eigenvalue weighted by molar-refractivity contribution is 5.99. The van der Waals surface area contributed by atoms with E-state index in [9.17, 15) is 14.4 Å². The van der Waals surface area contributed by atoms with Crippen molar-refractivity contribution in [2.24, 2.45) is 5.73 Å². The molecule has 5 nitrogen and oxygen atoms in total. The van der Waals surface area contributed by atoms with Gasteiger partial charge in [-0.15, -0.1) is 0 Å². The molecule has 3 N–H and O–H groups in total. The summed E-state index contributed by atoms with van der Waals surface area (Å²) in [6.45, 7) is 3.78. The summed E-state index contributed by atoms with van der Waals surface area (Å²) in [6, 6.07) is 3.27. The minimum absolute atomic E-state index is 0.279. The number of nitrogens with one attached hydrogen (secondary N) is 1. The smallest absolute Gasteiger partial charge is 0.404 e. The number of H-pyrrole nitrogens is 1. The van der Waals surface area contributed by atoms with Crippen molar-refractivity contribution < 1.29 is 13.9 Å². The van der Waals surface area contributed by atoms with E-state index in [0.29, 0.717) is 29.3 Å². The van der Waals surface area contributed by atoms with Crippen molar-refractivity contribution in [2.75, 3.05) is 0 Å². The zero-order valence-corrected chi connectivity index (χ0v) is 12.9. The Bertz CT molecular complexity index is 890. The van der Waals surface area contributed by atoms with Crippen LogP contribution in [0.1, 0.15) is 35.2 Å². The van der Waals surface area contributed by atoms with E-state index in [1.54, 1.807) is 0 Å². The van der Waals surface area contributed by atoms with Crippen LogP contribution in [0.2, 0.25) is 0 Å². The molecule has 23 heavy (non-hydrogen) atoms. The molecular weight excluding hydrogens is 297 g/mol. The molecule has 1 aromatic carbocycles. The highest BCUT2D eigenvalue weighted by atomic mass is 19.1. The molecule has 118 valence electrons. The fraction of sp³-hybridized carbons (Fsp3) is 0.294. The van der Waals surface area contributed by atoms with Gasteiger partial charge in [0, 0.05) is 29.5 Å². The molecule has 2 aromatic rings. The quantitative estimate of drug-likeness (QED) is 0.889. The highest BCUT2D eigenvalue weighted by Crippen LogP contribution is 2.39. The van der Waals surface area contributed by atoms with Gasteiger partial charge in [0.25, 0.3) is 0 Å². The first-order chi connectivity index (χ1) is 10.9. The number of carbonyl (C=O) groups is 1. The van der Waals surface area contributed by atoms with Crippen molar-refractivity contribution in [3.05, 3.63) is 40.3 Å². The first kappa shape index (κ1) is 15.1. The first-order valence-electron chi connectivity index (χ1n) is 7.29. The van der Waals surface area contributed by atoms with E-state index in [1.807, 2.05) is 26.0 Å². The molecule has 1 heterocycles. The average Bonchev–Trinajstić information content (AvgIpc) is 3.04. The monoisotopic (exact) mass is 313 g/mol. The molecule has 1 atom stereocenters. The maximum atomic E-state index is 14.7. The van der Waals surface area contributed by atoms with Crippen LogP contribution < -0.4 is 5.73 Å². The molecule has 0 radical (unpaired) electrons. The van der Waals surface area contributed by atoms with Gasteiger partial charge in [-0.25, -0.2) is 9.18 Å². The lowest BCUT2D eigenvalue weighted by atomic mass is 9.95. The predicted octanol–water partition coefficient (Wildman–Crippen LogP) is 3.44. The number of halogens is 1. The summed E-state index contributed by atoms with van der Waals surface area (Å²) in [7, 11) is 0. The van der Waals surface area contributed by atoms with Crippen LogP contribution in [0.25, 0.3) is 16.5 Å². The van der Waals surface area contributed by atoms with Crippen LogP contribution in [0.3, 0.4) is 0 Å². The first-order valence-corrected chi connectivity index (χ1v) is 7.29. The predicted molar refractivity (Wildman–Crippen MR) is 84.1 cm³/mol. The second-order valence-electron chi connectivity index (χ2n) is 5.75. The molecule has 1 amide bonds. The standard InChI is InChI=1S/C17H16FN3O2/c1-8-9(2)21-16-11(7-19)6-13(18)15(14(8)16)10-3-4-12(5-10)23-17(20)22/h3,6,12,21H,4-5H2,1-2H3,(H2,20,22)/t12-/m1/s1. The normalized spacial score (nSPS) is 17.1. The van der Waals surface area contributed by atoms with Crippen molar-refractivity contribution >= 4 is 22.6 Å². The SMILES string of the molecule is Cc1[nH]c2c(C#N)cc(F)c(C3=CC[C@@H](OC(N)=O)C3)c2c1C. The van der Waals surface area contributed by atoms with Gasteiger partial charge in [0.2, 0.25) is 0 Å². The van der Waals surface area contributed by atoms with Gasteiger partial charge in [-0.1, -0.05) is 6.08 Å². The average molecular weight is 313 g/mol. The van der Waals surface area contributed by atoms with Crippen molar-refractivity contribution in [2.45, 2.75) is 32.8 Å². The van der Waals surface area contributed by atoms with E-state index in [-0.39, 0.29) is 11.7 Å². The number of aryl methyl sites for hydroxylation is 2. The van der Waals surface area contributed by atoms with Gasteiger partial charge in [-0.05, 0) is 31.1 Å². The third-order valence-corrected chi connectivity index (χ3v) is 4.33. The van der Waals surface area contributed by atoms with Gasteiger partial charge in [-0.3, -0.25) is 0 Å². The Balaban J connectivity index is 2.14. The molecule has 0 spiro atoms. The van der Waals surface area contributed by atoms with Gasteiger partial charge in [0.05, 0.1) is 11.1 Å². The maximum Gasteiger partial charge on any atom is 0.404 e. The van der Waals surface area contributed by atoms with E-state index in [4.69, 9.17) is 10.5 Å². The number of rotatable bonds is 2. The van der Waals surface area contributed by atoms with Gasteiger partial charge in [0.1, 0.15) is 18.0 Å². The Labute approximate surface area is 132 Å². The molecule has 1 aliphatic rings. The number of ether oxygens (including phenoxy) is 1. The number of aromatic amines is 1. The zero-order chi connectivity index (χ0) is 16.7. The molecule has 0 aliphatic heterocycles. The number of nitriles is 1. The van der Waals surface area contributed by atoms with Crippen molar-refractivity contribution in [3.8, 4) is 6.07 Å². The third-order valence-electron chi connectivity index (χ3n) is 4.33. The topological polar surface area (TPSA) is 91.9 Å². The molecule has 0 bridgehead atoms. The summed E-state index contributed by atoms with van der Waals surface area (Å²) in [5, 5.41) is 9.95. The van der Waals surface area contributed by atoms with Crippen molar-refractivity contribution in [1.29, 1.82) is 5.26 Å². The summed E-state index contributed by atoms with van der Waals surface area (Å²) < 4.78 is 19.7. The van der Waals surface area contributed by atoms with Crippen LogP contribution in [0, 0.1) is 31.0 Å². The molecule has 3 rings (SSSR count). The summed E-state index contributed by atoms with van der Waals surface area (Å²) in [5.41, 5.74) is 9.00. The molecule has 1 aliphatic carbocycles. The Hall–Kier alpha value is -2.81. The summed E-state index contributed by atoms with van der Waals surface area (Å²) in [4.78, 5) is 14.0. The highest BCUT2D eigenvalue weighted by Gasteiger charge is 2.26. The van der Waals surface area contributed by atoms with Crippen LogP contribution in [0.15, 0.2) is 12.1 Å². The number of hydrogen-bond acceptors (Lipinski definition) is 3. The molecular formula is C17H16FN3O2. The number of primary amides is 1. The Morgan fingerprint density at radius 3 is 2.91 bits per heavy atom. The van der Waals surface area contributed by atoms with Gasteiger partial charge >= 0.3 is 6.09 Å². The van der Waals surface area contributed by atoms with E-state index >= 15 is 0 Å². The van der Waals surface area contributed by atoms with E-state index in [2.05, 4.69) is 4.98 Å².